The highest BCUT2D eigenvalue weighted by atomic mass is 79.9. The summed E-state index contributed by atoms with van der Waals surface area (Å²) in [5.41, 5.74) is 0.747. The van der Waals surface area contributed by atoms with Crippen LogP contribution < -0.4 is 10.0 Å². The molecular formula is C18H19BrN2O4S. The van der Waals surface area contributed by atoms with E-state index in [1.807, 2.05) is 0 Å². The van der Waals surface area contributed by atoms with Gasteiger partial charge in [0.15, 0.2) is 0 Å². The Morgan fingerprint density at radius 3 is 2.62 bits per heavy atom. The van der Waals surface area contributed by atoms with E-state index in [1.165, 1.54) is 12.1 Å². The molecule has 2 aromatic carbocycles. The Labute approximate surface area is 161 Å². The van der Waals surface area contributed by atoms with Crippen LogP contribution in [0.3, 0.4) is 0 Å². The third-order valence-corrected chi connectivity index (χ3v) is 5.91. The lowest BCUT2D eigenvalue weighted by atomic mass is 10.1. The largest absolute Gasteiger partial charge is 0.379 e. The lowest BCUT2D eigenvalue weighted by Crippen LogP contribution is -2.40. The molecule has 26 heavy (non-hydrogen) atoms. The summed E-state index contributed by atoms with van der Waals surface area (Å²) < 4.78 is 33.9. The predicted molar refractivity (Wildman–Crippen MR) is 103 cm³/mol. The van der Waals surface area contributed by atoms with E-state index < -0.39 is 10.0 Å². The first-order chi connectivity index (χ1) is 12.4. The first kappa shape index (κ1) is 18.9. The van der Waals surface area contributed by atoms with Crippen molar-refractivity contribution in [1.29, 1.82) is 0 Å². The molecule has 138 valence electrons. The van der Waals surface area contributed by atoms with Gasteiger partial charge in [-0.3, -0.25) is 9.52 Å². The Balaban J connectivity index is 1.74. The minimum Gasteiger partial charge on any atom is -0.379 e. The maximum Gasteiger partial charge on any atom is 0.261 e. The Bertz CT molecular complexity index is 878. The number of nitrogens with one attached hydrogen (secondary N) is 2. The minimum atomic E-state index is -3.79. The van der Waals surface area contributed by atoms with Gasteiger partial charge in [0.05, 0.1) is 17.5 Å². The zero-order chi connectivity index (χ0) is 18.6. The first-order valence-electron chi connectivity index (χ1n) is 8.21. The zero-order valence-corrected chi connectivity index (χ0v) is 16.3. The second-order valence-electron chi connectivity index (χ2n) is 6.03. The van der Waals surface area contributed by atoms with Gasteiger partial charge in [0.1, 0.15) is 0 Å². The topological polar surface area (TPSA) is 84.5 Å². The highest BCUT2D eigenvalue weighted by molar-refractivity contribution is 9.10. The fourth-order valence-electron chi connectivity index (χ4n) is 2.66. The quantitative estimate of drug-likeness (QED) is 0.750. The molecule has 2 aromatic rings. The van der Waals surface area contributed by atoms with Crippen molar-refractivity contribution in [3.05, 3.63) is 58.6 Å². The molecule has 1 fully saturated rings. The average Bonchev–Trinajstić information content (AvgIpc) is 2.64. The summed E-state index contributed by atoms with van der Waals surface area (Å²) in [6.45, 7) is 1.19. The standard InChI is InChI=1S/C18H19BrN2O4S/c19-14-6-8-15(9-7-14)21-26(23,24)17-5-1-3-13(11-17)18(22)20-16-4-2-10-25-12-16/h1,3,5-9,11,16,21H,2,4,10,12H2,(H,20,22). The van der Waals surface area contributed by atoms with Gasteiger partial charge in [0.25, 0.3) is 15.9 Å². The van der Waals surface area contributed by atoms with E-state index >= 15 is 0 Å². The molecule has 0 aromatic heterocycles. The molecule has 8 heteroatoms. The van der Waals surface area contributed by atoms with Gasteiger partial charge in [-0.25, -0.2) is 8.42 Å². The van der Waals surface area contributed by atoms with E-state index in [1.54, 1.807) is 36.4 Å². The van der Waals surface area contributed by atoms with E-state index in [0.29, 0.717) is 24.5 Å². The SMILES string of the molecule is O=C(NC1CCCOC1)c1cccc(S(=O)(=O)Nc2ccc(Br)cc2)c1. The van der Waals surface area contributed by atoms with E-state index in [4.69, 9.17) is 4.74 Å². The lowest BCUT2D eigenvalue weighted by molar-refractivity contribution is 0.0624. The number of ether oxygens (including phenoxy) is 1. The molecule has 1 heterocycles. The van der Waals surface area contributed by atoms with Gasteiger partial charge in [-0.1, -0.05) is 22.0 Å². The molecule has 1 unspecified atom stereocenters. The van der Waals surface area contributed by atoms with Crippen LogP contribution >= 0.6 is 15.9 Å². The van der Waals surface area contributed by atoms with E-state index in [-0.39, 0.29) is 16.8 Å². The number of hydrogen-bond acceptors (Lipinski definition) is 4. The van der Waals surface area contributed by atoms with Crippen LogP contribution in [0.25, 0.3) is 0 Å². The fourth-order valence-corrected chi connectivity index (χ4v) is 4.03. The number of anilines is 1. The van der Waals surface area contributed by atoms with Gasteiger partial charge in [-0.2, -0.15) is 0 Å². The number of benzene rings is 2. The number of carbonyl (C=O) groups excluding carboxylic acids is 1. The molecular weight excluding hydrogens is 420 g/mol. The highest BCUT2D eigenvalue weighted by Crippen LogP contribution is 2.19. The molecule has 3 rings (SSSR count). The van der Waals surface area contributed by atoms with Crippen molar-refractivity contribution >= 4 is 37.5 Å². The third kappa shape index (κ3) is 4.84. The first-order valence-corrected chi connectivity index (χ1v) is 10.5. The molecule has 0 aliphatic carbocycles. The van der Waals surface area contributed by atoms with Crippen LogP contribution in [0, 0.1) is 0 Å². The molecule has 0 radical (unpaired) electrons. The van der Waals surface area contributed by atoms with E-state index in [2.05, 4.69) is 26.0 Å². The summed E-state index contributed by atoms with van der Waals surface area (Å²) in [6.07, 6.45) is 1.76. The molecule has 1 saturated heterocycles. The summed E-state index contributed by atoms with van der Waals surface area (Å²) in [7, 11) is -3.79. The normalized spacial score (nSPS) is 17.5. The van der Waals surface area contributed by atoms with Crippen LogP contribution in [0.5, 0.6) is 0 Å². The van der Waals surface area contributed by atoms with Crippen molar-refractivity contribution in [3.63, 3.8) is 0 Å². The summed E-state index contributed by atoms with van der Waals surface area (Å²) in [4.78, 5) is 12.4. The Kier molecular flexibility index (Phi) is 5.95. The summed E-state index contributed by atoms with van der Waals surface area (Å²) in [5, 5.41) is 2.89. The second kappa shape index (κ2) is 8.20. The van der Waals surface area contributed by atoms with Crippen LogP contribution in [-0.4, -0.2) is 33.6 Å². The molecule has 0 saturated carbocycles. The van der Waals surface area contributed by atoms with Gasteiger partial charge in [-0.15, -0.1) is 0 Å². The summed E-state index contributed by atoms with van der Waals surface area (Å²) in [5.74, 6) is -0.304. The number of sulfonamides is 1. The van der Waals surface area contributed by atoms with Crippen molar-refractivity contribution < 1.29 is 17.9 Å². The third-order valence-electron chi connectivity index (χ3n) is 4.00. The Hall–Kier alpha value is -1.90. The smallest absolute Gasteiger partial charge is 0.261 e. The number of halogens is 1. The van der Waals surface area contributed by atoms with E-state index in [9.17, 15) is 13.2 Å². The molecule has 2 N–H and O–H groups in total. The number of rotatable bonds is 5. The van der Waals surface area contributed by atoms with Gasteiger partial charge in [0.2, 0.25) is 0 Å². The molecule has 1 amide bonds. The van der Waals surface area contributed by atoms with Gasteiger partial charge in [0, 0.05) is 22.3 Å². The fraction of sp³-hybridized carbons (Fsp3) is 0.278. The molecule has 6 nitrogen and oxygen atoms in total. The second-order valence-corrected chi connectivity index (χ2v) is 8.63. The van der Waals surface area contributed by atoms with Gasteiger partial charge >= 0.3 is 0 Å². The van der Waals surface area contributed by atoms with E-state index in [0.717, 1.165) is 17.3 Å². The van der Waals surface area contributed by atoms with Crippen molar-refractivity contribution in [1.82, 2.24) is 5.32 Å². The monoisotopic (exact) mass is 438 g/mol. The average molecular weight is 439 g/mol. The molecule has 1 aliphatic heterocycles. The summed E-state index contributed by atoms with van der Waals surface area (Å²) >= 11 is 3.31. The van der Waals surface area contributed by atoms with Crippen molar-refractivity contribution in [2.24, 2.45) is 0 Å². The van der Waals surface area contributed by atoms with Crippen LogP contribution in [0.2, 0.25) is 0 Å². The molecule has 1 atom stereocenters. The maximum absolute atomic E-state index is 12.6. The zero-order valence-electron chi connectivity index (χ0n) is 13.9. The number of hydrogen-bond donors (Lipinski definition) is 2. The van der Waals surface area contributed by atoms with Crippen LogP contribution in [0.1, 0.15) is 23.2 Å². The number of amides is 1. The predicted octanol–water partition coefficient (Wildman–Crippen LogP) is 3.16. The van der Waals surface area contributed by atoms with Crippen LogP contribution in [0.4, 0.5) is 5.69 Å². The van der Waals surface area contributed by atoms with Crippen LogP contribution in [-0.2, 0) is 14.8 Å². The van der Waals surface area contributed by atoms with Crippen LogP contribution in [0.15, 0.2) is 57.9 Å². The van der Waals surface area contributed by atoms with Crippen molar-refractivity contribution in [2.45, 2.75) is 23.8 Å². The Morgan fingerprint density at radius 1 is 1.15 bits per heavy atom. The molecule has 0 bridgehead atoms. The molecule has 1 aliphatic rings. The van der Waals surface area contributed by atoms with Gasteiger partial charge < -0.3 is 10.1 Å². The summed E-state index contributed by atoms with van der Waals surface area (Å²) in [6, 6.07) is 12.7. The number of carbonyl (C=O) groups is 1. The molecule has 0 spiro atoms. The maximum atomic E-state index is 12.6. The van der Waals surface area contributed by atoms with Gasteiger partial charge in [-0.05, 0) is 55.3 Å². The minimum absolute atomic E-state index is 0.0352. The highest BCUT2D eigenvalue weighted by Gasteiger charge is 2.20. The van der Waals surface area contributed by atoms with Crippen molar-refractivity contribution in [2.75, 3.05) is 17.9 Å². The van der Waals surface area contributed by atoms with Crippen molar-refractivity contribution in [3.8, 4) is 0 Å². The lowest BCUT2D eigenvalue weighted by Gasteiger charge is -2.23. The Morgan fingerprint density at radius 2 is 1.92 bits per heavy atom.